The number of hydrogen-bond donors (Lipinski definition) is 1. The summed E-state index contributed by atoms with van der Waals surface area (Å²) in [5.41, 5.74) is 7.70. The van der Waals surface area contributed by atoms with Crippen LogP contribution in [0.1, 0.15) is 38.3 Å². The van der Waals surface area contributed by atoms with Crippen LogP contribution in [0.4, 0.5) is 4.39 Å². The van der Waals surface area contributed by atoms with Gasteiger partial charge in [0.25, 0.3) is 0 Å². The average molecular weight is 195 g/mol. The van der Waals surface area contributed by atoms with Gasteiger partial charge in [-0.05, 0) is 35.1 Å². The smallest absolute Gasteiger partial charge is 0.123 e. The quantitative estimate of drug-likeness (QED) is 0.788. The van der Waals surface area contributed by atoms with Gasteiger partial charge in [0.1, 0.15) is 5.82 Å². The first-order chi connectivity index (χ1) is 6.51. The van der Waals surface area contributed by atoms with Crippen molar-refractivity contribution >= 4 is 0 Å². The molecule has 0 bridgehead atoms. The van der Waals surface area contributed by atoms with Gasteiger partial charge >= 0.3 is 0 Å². The number of nitrogens with two attached hydrogens (primary N) is 1. The molecule has 14 heavy (non-hydrogen) atoms. The summed E-state index contributed by atoms with van der Waals surface area (Å²) < 4.78 is 13.1. The van der Waals surface area contributed by atoms with E-state index >= 15 is 0 Å². The Morgan fingerprint density at radius 2 is 2.00 bits per heavy atom. The standard InChI is InChI=1S/C12H18FN/c1-4-12(2,3)11-7-10(13)6-5-9(11)8-14/h5-7H,4,8,14H2,1-3H3. The molecule has 0 fully saturated rings. The normalized spacial score (nSPS) is 11.8. The fourth-order valence-corrected chi connectivity index (χ4v) is 1.55. The predicted molar refractivity (Wildman–Crippen MR) is 57.6 cm³/mol. The molecule has 0 saturated heterocycles. The van der Waals surface area contributed by atoms with Crippen molar-refractivity contribution < 1.29 is 4.39 Å². The van der Waals surface area contributed by atoms with Gasteiger partial charge in [-0.25, -0.2) is 4.39 Å². The van der Waals surface area contributed by atoms with Crippen LogP contribution in [0.15, 0.2) is 18.2 Å². The maximum Gasteiger partial charge on any atom is 0.123 e. The summed E-state index contributed by atoms with van der Waals surface area (Å²) in [6.45, 7) is 6.80. The molecule has 78 valence electrons. The summed E-state index contributed by atoms with van der Waals surface area (Å²) in [5.74, 6) is -0.182. The van der Waals surface area contributed by atoms with Crippen LogP contribution in [0.5, 0.6) is 0 Å². The van der Waals surface area contributed by atoms with E-state index in [0.29, 0.717) is 6.54 Å². The van der Waals surface area contributed by atoms with Gasteiger partial charge < -0.3 is 5.73 Å². The maximum atomic E-state index is 13.1. The molecule has 1 rings (SSSR count). The van der Waals surface area contributed by atoms with E-state index in [9.17, 15) is 4.39 Å². The molecule has 0 atom stereocenters. The van der Waals surface area contributed by atoms with E-state index in [4.69, 9.17) is 5.73 Å². The lowest BCUT2D eigenvalue weighted by atomic mass is 9.79. The van der Waals surface area contributed by atoms with Gasteiger partial charge in [0.05, 0.1) is 0 Å². The molecule has 2 heteroatoms. The minimum atomic E-state index is -0.182. The zero-order chi connectivity index (χ0) is 10.8. The minimum Gasteiger partial charge on any atom is -0.326 e. The predicted octanol–water partition coefficient (Wildman–Crippen LogP) is 2.97. The second-order valence-electron chi connectivity index (χ2n) is 4.24. The summed E-state index contributed by atoms with van der Waals surface area (Å²) >= 11 is 0. The zero-order valence-corrected chi connectivity index (χ0v) is 9.10. The Balaban J connectivity index is 3.23. The molecule has 0 aliphatic carbocycles. The van der Waals surface area contributed by atoms with Crippen molar-refractivity contribution in [2.24, 2.45) is 5.73 Å². The minimum absolute atomic E-state index is 0.00317. The lowest BCUT2D eigenvalue weighted by molar-refractivity contribution is 0.495. The van der Waals surface area contributed by atoms with Crippen molar-refractivity contribution in [1.82, 2.24) is 0 Å². The van der Waals surface area contributed by atoms with Crippen LogP contribution < -0.4 is 5.73 Å². The Morgan fingerprint density at radius 3 is 2.50 bits per heavy atom. The van der Waals surface area contributed by atoms with Crippen LogP contribution in [0.25, 0.3) is 0 Å². The summed E-state index contributed by atoms with van der Waals surface area (Å²) in [7, 11) is 0. The third-order valence-electron chi connectivity index (χ3n) is 2.90. The molecule has 0 aliphatic rings. The van der Waals surface area contributed by atoms with Gasteiger partial charge in [-0.1, -0.05) is 26.8 Å². The molecule has 0 aliphatic heterocycles. The number of hydrogen-bond acceptors (Lipinski definition) is 1. The number of benzene rings is 1. The van der Waals surface area contributed by atoms with Crippen molar-refractivity contribution in [3.8, 4) is 0 Å². The van der Waals surface area contributed by atoms with Gasteiger partial charge in [0.2, 0.25) is 0 Å². The Kier molecular flexibility index (Phi) is 3.27. The summed E-state index contributed by atoms with van der Waals surface area (Å²) in [5, 5.41) is 0. The third-order valence-corrected chi connectivity index (χ3v) is 2.90. The van der Waals surface area contributed by atoms with Crippen molar-refractivity contribution in [1.29, 1.82) is 0 Å². The van der Waals surface area contributed by atoms with Crippen molar-refractivity contribution in [3.63, 3.8) is 0 Å². The molecule has 2 N–H and O–H groups in total. The van der Waals surface area contributed by atoms with Crippen molar-refractivity contribution in [3.05, 3.63) is 35.1 Å². The Hall–Kier alpha value is -0.890. The first-order valence-electron chi connectivity index (χ1n) is 5.00. The van der Waals surface area contributed by atoms with Gasteiger partial charge in [0, 0.05) is 6.54 Å². The highest BCUT2D eigenvalue weighted by Crippen LogP contribution is 2.29. The fraction of sp³-hybridized carbons (Fsp3) is 0.500. The Labute approximate surface area is 85.1 Å². The highest BCUT2D eigenvalue weighted by atomic mass is 19.1. The van der Waals surface area contributed by atoms with E-state index in [1.54, 1.807) is 12.1 Å². The topological polar surface area (TPSA) is 26.0 Å². The SMILES string of the molecule is CCC(C)(C)c1cc(F)ccc1CN. The molecule has 0 saturated carbocycles. The Morgan fingerprint density at radius 1 is 1.36 bits per heavy atom. The molecule has 0 radical (unpaired) electrons. The molecule has 0 spiro atoms. The van der Waals surface area contributed by atoms with Crippen molar-refractivity contribution in [2.45, 2.75) is 39.2 Å². The molecular formula is C12H18FN. The van der Waals surface area contributed by atoms with Crippen LogP contribution in [-0.2, 0) is 12.0 Å². The van der Waals surface area contributed by atoms with E-state index in [-0.39, 0.29) is 11.2 Å². The Bertz CT molecular complexity index is 318. The third kappa shape index (κ3) is 2.13. The van der Waals surface area contributed by atoms with Gasteiger partial charge in [-0.2, -0.15) is 0 Å². The second kappa shape index (κ2) is 4.09. The molecule has 1 nitrogen and oxygen atoms in total. The summed E-state index contributed by atoms with van der Waals surface area (Å²) in [6, 6.07) is 4.85. The summed E-state index contributed by atoms with van der Waals surface area (Å²) in [4.78, 5) is 0. The fourth-order valence-electron chi connectivity index (χ4n) is 1.55. The number of rotatable bonds is 3. The maximum absolute atomic E-state index is 13.1. The highest BCUT2D eigenvalue weighted by molar-refractivity contribution is 5.33. The van der Waals surface area contributed by atoms with Gasteiger partial charge in [-0.15, -0.1) is 0 Å². The van der Waals surface area contributed by atoms with Crippen LogP contribution in [-0.4, -0.2) is 0 Å². The molecule has 1 aromatic rings. The molecule has 0 amide bonds. The van der Waals surface area contributed by atoms with E-state index in [0.717, 1.165) is 17.5 Å². The molecule has 0 unspecified atom stereocenters. The second-order valence-corrected chi connectivity index (χ2v) is 4.24. The molecule has 1 aromatic carbocycles. The van der Waals surface area contributed by atoms with E-state index in [1.165, 1.54) is 6.07 Å². The first-order valence-corrected chi connectivity index (χ1v) is 5.00. The van der Waals surface area contributed by atoms with Crippen LogP contribution in [0.2, 0.25) is 0 Å². The zero-order valence-electron chi connectivity index (χ0n) is 9.10. The van der Waals surface area contributed by atoms with E-state index < -0.39 is 0 Å². The van der Waals surface area contributed by atoms with Crippen LogP contribution >= 0.6 is 0 Å². The molecule has 0 heterocycles. The van der Waals surface area contributed by atoms with Crippen LogP contribution in [0, 0.1) is 5.82 Å². The lowest BCUT2D eigenvalue weighted by Crippen LogP contribution is -2.19. The van der Waals surface area contributed by atoms with E-state index in [2.05, 4.69) is 20.8 Å². The lowest BCUT2D eigenvalue weighted by Gasteiger charge is -2.26. The van der Waals surface area contributed by atoms with Crippen molar-refractivity contribution in [2.75, 3.05) is 0 Å². The highest BCUT2D eigenvalue weighted by Gasteiger charge is 2.21. The largest absolute Gasteiger partial charge is 0.326 e. The van der Waals surface area contributed by atoms with Gasteiger partial charge in [0.15, 0.2) is 0 Å². The average Bonchev–Trinajstić information content (AvgIpc) is 2.18. The van der Waals surface area contributed by atoms with Crippen LogP contribution in [0.3, 0.4) is 0 Å². The monoisotopic (exact) mass is 195 g/mol. The van der Waals surface area contributed by atoms with E-state index in [1.807, 2.05) is 0 Å². The molecular weight excluding hydrogens is 177 g/mol. The molecule has 0 aromatic heterocycles. The number of halogens is 1. The summed E-state index contributed by atoms with van der Waals surface area (Å²) in [6.07, 6.45) is 0.976. The first kappa shape index (κ1) is 11.2. The van der Waals surface area contributed by atoms with Gasteiger partial charge in [-0.3, -0.25) is 0 Å².